The normalized spacial score (nSPS) is 12.6. The molecule has 2 rings (SSSR count). The molecule has 2 aromatic rings. The van der Waals surface area contributed by atoms with Gasteiger partial charge in [0, 0.05) is 31.2 Å². The number of thioether (sulfide) groups is 1. The van der Waals surface area contributed by atoms with Crippen LogP contribution < -0.4 is 10.2 Å². The number of hydrogen-bond donors (Lipinski definition) is 1. The van der Waals surface area contributed by atoms with E-state index in [9.17, 15) is 0 Å². The van der Waals surface area contributed by atoms with E-state index in [1.54, 1.807) is 0 Å². The number of aromatic nitrogens is 1. The molecule has 114 valence electrons. The van der Waals surface area contributed by atoms with Crippen LogP contribution in [0.4, 0.5) is 5.82 Å². The summed E-state index contributed by atoms with van der Waals surface area (Å²) in [6, 6.07) is 9.05. The third-order valence-corrected chi connectivity index (χ3v) is 4.60. The second kappa shape index (κ2) is 7.66. The zero-order valence-corrected chi connectivity index (χ0v) is 14.2. The van der Waals surface area contributed by atoms with Crippen LogP contribution in [0.15, 0.2) is 30.5 Å². The number of fused-ring (bicyclic) bond motifs is 1. The van der Waals surface area contributed by atoms with Crippen molar-refractivity contribution < 1.29 is 0 Å². The Kier molecular flexibility index (Phi) is 5.88. The highest BCUT2D eigenvalue weighted by Crippen LogP contribution is 2.28. The largest absolute Gasteiger partial charge is 0.356 e. The zero-order valence-electron chi connectivity index (χ0n) is 13.4. The van der Waals surface area contributed by atoms with Gasteiger partial charge >= 0.3 is 0 Å². The summed E-state index contributed by atoms with van der Waals surface area (Å²) in [5, 5.41) is 5.75. The van der Waals surface area contributed by atoms with E-state index in [-0.39, 0.29) is 0 Å². The standard InChI is InChI=1S/C17H25N3S/c1-13(9-10-21-4)20(3)17-16-8-6-5-7-15(16)14(11-18-2)12-19-17/h5-8,12-13,18H,9-11H2,1-4H3. The maximum atomic E-state index is 4.73. The molecule has 0 saturated heterocycles. The van der Waals surface area contributed by atoms with Crippen molar-refractivity contribution in [1.82, 2.24) is 10.3 Å². The summed E-state index contributed by atoms with van der Waals surface area (Å²) in [6.07, 6.45) is 5.34. The lowest BCUT2D eigenvalue weighted by atomic mass is 10.1. The van der Waals surface area contributed by atoms with Crippen LogP contribution in [0, 0.1) is 0 Å². The molecule has 1 heterocycles. The van der Waals surface area contributed by atoms with Crippen LogP contribution in [-0.2, 0) is 6.54 Å². The Morgan fingerprint density at radius 1 is 1.29 bits per heavy atom. The summed E-state index contributed by atoms with van der Waals surface area (Å²) in [4.78, 5) is 7.04. The van der Waals surface area contributed by atoms with Crippen LogP contribution in [0.2, 0.25) is 0 Å². The Morgan fingerprint density at radius 3 is 2.67 bits per heavy atom. The van der Waals surface area contributed by atoms with Crippen LogP contribution in [0.3, 0.4) is 0 Å². The molecule has 1 aromatic heterocycles. The van der Waals surface area contributed by atoms with Crippen molar-refractivity contribution in [2.75, 3.05) is 31.0 Å². The van der Waals surface area contributed by atoms with Crippen molar-refractivity contribution in [3.05, 3.63) is 36.0 Å². The molecule has 0 aliphatic carbocycles. The first-order chi connectivity index (χ1) is 10.2. The van der Waals surface area contributed by atoms with Crippen LogP contribution in [0.1, 0.15) is 18.9 Å². The van der Waals surface area contributed by atoms with Gasteiger partial charge in [-0.1, -0.05) is 24.3 Å². The summed E-state index contributed by atoms with van der Waals surface area (Å²) in [7, 11) is 4.12. The highest BCUT2D eigenvalue weighted by atomic mass is 32.2. The first-order valence-electron chi connectivity index (χ1n) is 7.42. The molecule has 0 radical (unpaired) electrons. The summed E-state index contributed by atoms with van der Waals surface area (Å²) < 4.78 is 0. The minimum absolute atomic E-state index is 0.489. The molecule has 0 spiro atoms. The molecule has 1 aromatic carbocycles. The number of hydrogen-bond acceptors (Lipinski definition) is 4. The van der Waals surface area contributed by atoms with Gasteiger partial charge in [0.15, 0.2) is 0 Å². The van der Waals surface area contributed by atoms with Gasteiger partial charge in [-0.25, -0.2) is 4.98 Å². The lowest BCUT2D eigenvalue weighted by Gasteiger charge is -2.27. The quantitative estimate of drug-likeness (QED) is 0.847. The summed E-state index contributed by atoms with van der Waals surface area (Å²) in [6.45, 7) is 3.12. The van der Waals surface area contributed by atoms with E-state index in [2.05, 4.69) is 54.7 Å². The molecule has 21 heavy (non-hydrogen) atoms. The Hall–Kier alpha value is -1.26. The topological polar surface area (TPSA) is 28.2 Å². The number of anilines is 1. The summed E-state index contributed by atoms with van der Waals surface area (Å²) >= 11 is 1.90. The molecular formula is C17H25N3S. The maximum Gasteiger partial charge on any atom is 0.136 e. The number of nitrogens with zero attached hydrogens (tertiary/aromatic N) is 2. The highest BCUT2D eigenvalue weighted by Gasteiger charge is 2.15. The Bertz CT molecular complexity index is 585. The molecule has 3 nitrogen and oxygen atoms in total. The number of rotatable bonds is 7. The van der Waals surface area contributed by atoms with Crippen LogP contribution in [0.25, 0.3) is 10.8 Å². The highest BCUT2D eigenvalue weighted by molar-refractivity contribution is 7.98. The van der Waals surface area contributed by atoms with E-state index >= 15 is 0 Å². The maximum absolute atomic E-state index is 4.73. The van der Waals surface area contributed by atoms with E-state index in [0.29, 0.717) is 6.04 Å². The molecule has 1 N–H and O–H groups in total. The van der Waals surface area contributed by atoms with Gasteiger partial charge in [-0.15, -0.1) is 0 Å². The van der Waals surface area contributed by atoms with Gasteiger partial charge in [0.05, 0.1) is 0 Å². The van der Waals surface area contributed by atoms with E-state index in [1.165, 1.54) is 28.5 Å². The van der Waals surface area contributed by atoms with Gasteiger partial charge in [0.1, 0.15) is 5.82 Å². The molecule has 0 aliphatic heterocycles. The molecular weight excluding hydrogens is 278 g/mol. The van der Waals surface area contributed by atoms with Gasteiger partial charge in [-0.2, -0.15) is 11.8 Å². The zero-order chi connectivity index (χ0) is 15.2. The van der Waals surface area contributed by atoms with Gasteiger partial charge < -0.3 is 10.2 Å². The predicted octanol–water partition coefficient (Wildman–Crippen LogP) is 3.53. The van der Waals surface area contributed by atoms with Gasteiger partial charge in [-0.3, -0.25) is 0 Å². The fraction of sp³-hybridized carbons (Fsp3) is 0.471. The number of nitrogens with one attached hydrogen (secondary N) is 1. The third kappa shape index (κ3) is 3.69. The Morgan fingerprint density at radius 2 is 2.00 bits per heavy atom. The lowest BCUT2D eigenvalue weighted by molar-refractivity contribution is 0.664. The van der Waals surface area contributed by atoms with Crippen molar-refractivity contribution in [1.29, 1.82) is 0 Å². The summed E-state index contributed by atoms with van der Waals surface area (Å²) in [5.74, 6) is 2.26. The van der Waals surface area contributed by atoms with Crippen molar-refractivity contribution in [3.63, 3.8) is 0 Å². The van der Waals surface area contributed by atoms with Crippen LogP contribution in [-0.4, -0.2) is 37.1 Å². The molecule has 0 bridgehead atoms. The molecule has 1 unspecified atom stereocenters. The van der Waals surface area contributed by atoms with E-state index < -0.39 is 0 Å². The molecule has 0 saturated carbocycles. The fourth-order valence-electron chi connectivity index (χ4n) is 2.54. The molecule has 4 heteroatoms. The monoisotopic (exact) mass is 303 g/mol. The predicted molar refractivity (Wildman–Crippen MR) is 95.4 cm³/mol. The van der Waals surface area contributed by atoms with Gasteiger partial charge in [0.2, 0.25) is 0 Å². The molecule has 0 amide bonds. The fourth-order valence-corrected chi connectivity index (χ4v) is 3.12. The van der Waals surface area contributed by atoms with Crippen molar-refractivity contribution in [2.45, 2.75) is 25.9 Å². The van der Waals surface area contributed by atoms with Crippen LogP contribution in [0.5, 0.6) is 0 Å². The molecule has 0 aliphatic rings. The van der Waals surface area contributed by atoms with Gasteiger partial charge in [-0.05, 0) is 43.4 Å². The van der Waals surface area contributed by atoms with Crippen molar-refractivity contribution in [3.8, 4) is 0 Å². The van der Waals surface area contributed by atoms with E-state index in [0.717, 1.165) is 12.4 Å². The van der Waals surface area contributed by atoms with Crippen molar-refractivity contribution in [2.24, 2.45) is 0 Å². The minimum Gasteiger partial charge on any atom is -0.356 e. The number of pyridine rings is 1. The molecule has 0 fully saturated rings. The SMILES string of the molecule is CNCc1cnc(N(C)C(C)CCSC)c2ccccc12. The third-order valence-electron chi connectivity index (χ3n) is 3.96. The lowest BCUT2D eigenvalue weighted by Crippen LogP contribution is -2.30. The van der Waals surface area contributed by atoms with Crippen molar-refractivity contribution >= 4 is 28.4 Å². The number of benzene rings is 1. The average Bonchev–Trinajstić information content (AvgIpc) is 2.52. The smallest absolute Gasteiger partial charge is 0.136 e. The summed E-state index contributed by atoms with van der Waals surface area (Å²) in [5.41, 5.74) is 1.25. The first-order valence-corrected chi connectivity index (χ1v) is 8.81. The van der Waals surface area contributed by atoms with E-state index in [1.807, 2.05) is 25.0 Å². The Labute approximate surface area is 132 Å². The van der Waals surface area contributed by atoms with Crippen LogP contribution >= 0.6 is 11.8 Å². The van der Waals surface area contributed by atoms with E-state index in [4.69, 9.17) is 4.98 Å². The first kappa shape index (κ1) is 16.1. The minimum atomic E-state index is 0.489. The molecule has 1 atom stereocenters. The van der Waals surface area contributed by atoms with Gasteiger partial charge in [0.25, 0.3) is 0 Å². The second-order valence-electron chi connectivity index (χ2n) is 5.42. The Balaban J connectivity index is 2.38. The average molecular weight is 303 g/mol. The second-order valence-corrected chi connectivity index (χ2v) is 6.41.